The van der Waals surface area contributed by atoms with Gasteiger partial charge in [-0.15, -0.1) is 0 Å². The molecular weight excluding hydrogens is 228 g/mol. The van der Waals surface area contributed by atoms with Crippen LogP contribution in [0.25, 0.3) is 0 Å². The highest BCUT2D eigenvalue weighted by Crippen LogP contribution is 2.20. The fourth-order valence-corrected chi connectivity index (χ4v) is 2.38. The van der Waals surface area contributed by atoms with Gasteiger partial charge in [-0.3, -0.25) is 0 Å². The first kappa shape index (κ1) is 12.4. The predicted molar refractivity (Wildman–Crippen MR) is 76.2 cm³/mol. The number of thiocarbonyl (C=S) groups is 1. The molecule has 2 nitrogen and oxygen atoms in total. The minimum absolute atomic E-state index is 0.259. The van der Waals surface area contributed by atoms with Crippen LogP contribution in [0.2, 0.25) is 0 Å². The summed E-state index contributed by atoms with van der Waals surface area (Å²) in [6.07, 6.45) is 2.50. The van der Waals surface area contributed by atoms with Gasteiger partial charge in [0.15, 0.2) is 5.11 Å². The van der Waals surface area contributed by atoms with Crippen molar-refractivity contribution in [3.63, 3.8) is 0 Å². The molecule has 1 aromatic rings. The molecule has 0 unspecified atom stereocenters. The van der Waals surface area contributed by atoms with Crippen LogP contribution in [0.1, 0.15) is 42.5 Å². The molecule has 0 spiro atoms. The van der Waals surface area contributed by atoms with E-state index in [1.807, 2.05) is 0 Å². The molecule has 0 heterocycles. The highest BCUT2D eigenvalue weighted by molar-refractivity contribution is 7.80. The molecule has 0 radical (unpaired) electrons. The smallest absolute Gasteiger partial charge is 0.166 e. The van der Waals surface area contributed by atoms with Crippen molar-refractivity contribution in [2.75, 3.05) is 0 Å². The maximum atomic E-state index is 5.29. The van der Waals surface area contributed by atoms with E-state index in [4.69, 9.17) is 12.2 Å². The second kappa shape index (κ2) is 5.05. The Labute approximate surface area is 109 Å². The Balaban J connectivity index is 1.97. The van der Waals surface area contributed by atoms with Gasteiger partial charge in [-0.2, -0.15) is 0 Å². The van der Waals surface area contributed by atoms with Crippen molar-refractivity contribution in [3.8, 4) is 0 Å². The van der Waals surface area contributed by atoms with Gasteiger partial charge < -0.3 is 10.6 Å². The Morgan fingerprint density at radius 1 is 1.35 bits per heavy atom. The lowest BCUT2D eigenvalue weighted by Gasteiger charge is -2.19. The zero-order chi connectivity index (χ0) is 12.4. The summed E-state index contributed by atoms with van der Waals surface area (Å²) in [5.74, 6) is 0. The molecule has 0 aliphatic heterocycles. The summed E-state index contributed by atoms with van der Waals surface area (Å²) in [7, 11) is 0. The summed E-state index contributed by atoms with van der Waals surface area (Å²) in [5, 5.41) is 7.43. The van der Waals surface area contributed by atoms with Gasteiger partial charge in [0, 0.05) is 6.04 Å². The van der Waals surface area contributed by atoms with Crippen LogP contribution in [0.4, 0.5) is 0 Å². The van der Waals surface area contributed by atoms with Crippen molar-refractivity contribution < 1.29 is 0 Å². The predicted octanol–water partition coefficient (Wildman–Crippen LogP) is 2.99. The van der Waals surface area contributed by atoms with Gasteiger partial charge >= 0.3 is 0 Å². The Kier molecular flexibility index (Phi) is 3.67. The topological polar surface area (TPSA) is 24.1 Å². The van der Waals surface area contributed by atoms with Crippen molar-refractivity contribution in [3.05, 3.63) is 34.9 Å². The molecule has 1 aliphatic carbocycles. The van der Waals surface area contributed by atoms with E-state index in [1.54, 1.807) is 0 Å². The molecule has 0 bridgehead atoms. The lowest BCUT2D eigenvalue weighted by molar-refractivity contribution is 0.692. The minimum atomic E-state index is 0.259. The van der Waals surface area contributed by atoms with E-state index in [9.17, 15) is 0 Å². The van der Waals surface area contributed by atoms with E-state index >= 15 is 0 Å². The summed E-state index contributed by atoms with van der Waals surface area (Å²) >= 11 is 5.29. The fraction of sp³-hybridized carbons (Fsp3) is 0.500. The molecule has 1 aliphatic rings. The molecule has 1 atom stereocenters. The lowest BCUT2D eigenvalue weighted by atomic mass is 10.0. The molecule has 1 aromatic carbocycles. The van der Waals surface area contributed by atoms with Crippen LogP contribution in [0.15, 0.2) is 18.2 Å². The third-order valence-corrected chi connectivity index (χ3v) is 3.39. The van der Waals surface area contributed by atoms with E-state index in [-0.39, 0.29) is 6.04 Å². The summed E-state index contributed by atoms with van der Waals surface area (Å²) in [6.45, 7) is 6.42. The largest absolute Gasteiger partial charge is 0.360 e. The van der Waals surface area contributed by atoms with E-state index in [0.717, 1.165) is 5.11 Å². The van der Waals surface area contributed by atoms with Crippen molar-refractivity contribution in [1.29, 1.82) is 0 Å². The van der Waals surface area contributed by atoms with Gasteiger partial charge in [0.1, 0.15) is 0 Å². The third-order valence-electron chi connectivity index (χ3n) is 3.15. The zero-order valence-corrected chi connectivity index (χ0v) is 11.5. The van der Waals surface area contributed by atoms with Gasteiger partial charge in [-0.05, 0) is 57.0 Å². The maximum absolute atomic E-state index is 5.29. The molecule has 92 valence electrons. The van der Waals surface area contributed by atoms with Crippen LogP contribution >= 0.6 is 12.2 Å². The molecule has 2 N–H and O–H groups in total. The first-order chi connectivity index (χ1) is 8.06. The maximum Gasteiger partial charge on any atom is 0.166 e. The Hall–Kier alpha value is -1.09. The Bertz CT molecular complexity index is 424. The van der Waals surface area contributed by atoms with Crippen molar-refractivity contribution >= 4 is 17.3 Å². The minimum Gasteiger partial charge on any atom is -0.360 e. The number of hydrogen-bond donors (Lipinski definition) is 2. The fourth-order valence-electron chi connectivity index (χ4n) is 2.04. The van der Waals surface area contributed by atoms with Crippen LogP contribution in [0, 0.1) is 13.8 Å². The molecule has 2 rings (SSSR count). The highest BCUT2D eigenvalue weighted by atomic mass is 32.1. The summed E-state index contributed by atoms with van der Waals surface area (Å²) in [4.78, 5) is 0. The summed E-state index contributed by atoms with van der Waals surface area (Å²) in [6, 6.07) is 7.42. The number of aryl methyl sites for hydroxylation is 2. The Morgan fingerprint density at radius 2 is 2.06 bits per heavy atom. The van der Waals surface area contributed by atoms with E-state index in [1.165, 1.54) is 29.5 Å². The van der Waals surface area contributed by atoms with Gasteiger partial charge in [0.25, 0.3) is 0 Å². The van der Waals surface area contributed by atoms with Crippen LogP contribution in [-0.2, 0) is 0 Å². The van der Waals surface area contributed by atoms with Crippen LogP contribution in [-0.4, -0.2) is 11.2 Å². The van der Waals surface area contributed by atoms with Gasteiger partial charge in [-0.25, -0.2) is 0 Å². The van der Waals surface area contributed by atoms with Crippen molar-refractivity contribution in [2.24, 2.45) is 0 Å². The third kappa shape index (κ3) is 3.43. The van der Waals surface area contributed by atoms with E-state index < -0.39 is 0 Å². The summed E-state index contributed by atoms with van der Waals surface area (Å²) in [5.41, 5.74) is 3.94. The van der Waals surface area contributed by atoms with Crippen molar-refractivity contribution in [1.82, 2.24) is 10.6 Å². The molecule has 0 aromatic heterocycles. The van der Waals surface area contributed by atoms with Gasteiger partial charge in [0.2, 0.25) is 0 Å². The van der Waals surface area contributed by atoms with Crippen LogP contribution < -0.4 is 10.6 Å². The first-order valence-corrected chi connectivity index (χ1v) is 6.61. The lowest BCUT2D eigenvalue weighted by Crippen LogP contribution is -2.38. The molecule has 1 saturated carbocycles. The number of hydrogen-bond acceptors (Lipinski definition) is 1. The SMILES string of the molecule is Cc1ccc([C@H](C)NC(=S)NC2CC2)c(C)c1. The van der Waals surface area contributed by atoms with E-state index in [2.05, 4.69) is 49.6 Å². The number of nitrogens with one attached hydrogen (secondary N) is 2. The van der Waals surface area contributed by atoms with Gasteiger partial charge in [-0.1, -0.05) is 23.8 Å². The summed E-state index contributed by atoms with van der Waals surface area (Å²) < 4.78 is 0. The molecule has 1 fully saturated rings. The van der Waals surface area contributed by atoms with Crippen LogP contribution in [0.3, 0.4) is 0 Å². The first-order valence-electron chi connectivity index (χ1n) is 6.20. The second-order valence-corrected chi connectivity index (χ2v) is 5.38. The second-order valence-electron chi connectivity index (χ2n) is 4.97. The number of benzene rings is 1. The molecule has 0 saturated heterocycles. The molecular formula is C14H20N2S. The van der Waals surface area contributed by atoms with Gasteiger partial charge in [0.05, 0.1) is 6.04 Å². The average molecular weight is 248 g/mol. The average Bonchev–Trinajstić information content (AvgIpc) is 3.00. The van der Waals surface area contributed by atoms with E-state index in [0.29, 0.717) is 6.04 Å². The molecule has 0 amide bonds. The highest BCUT2D eigenvalue weighted by Gasteiger charge is 2.22. The zero-order valence-electron chi connectivity index (χ0n) is 10.7. The number of rotatable bonds is 3. The molecule has 3 heteroatoms. The normalized spacial score (nSPS) is 16.4. The Morgan fingerprint density at radius 3 is 2.65 bits per heavy atom. The standard InChI is InChI=1S/C14H20N2S/c1-9-4-7-13(10(2)8-9)11(3)15-14(17)16-12-5-6-12/h4,7-8,11-12H,5-6H2,1-3H3,(H2,15,16,17)/t11-/m0/s1. The van der Waals surface area contributed by atoms with Crippen LogP contribution in [0.5, 0.6) is 0 Å². The monoisotopic (exact) mass is 248 g/mol. The molecule has 17 heavy (non-hydrogen) atoms. The quantitative estimate of drug-likeness (QED) is 0.804. The van der Waals surface area contributed by atoms with Crippen molar-refractivity contribution in [2.45, 2.75) is 45.7 Å².